The van der Waals surface area contributed by atoms with Crippen LogP contribution in [-0.2, 0) is 0 Å². The van der Waals surface area contributed by atoms with E-state index in [-0.39, 0.29) is 12.1 Å². The molecule has 0 aliphatic heterocycles. The molecule has 0 aromatic carbocycles. The second-order valence-corrected chi connectivity index (χ2v) is 5.16. The number of rotatable bonds is 5. The van der Waals surface area contributed by atoms with Gasteiger partial charge in [0.1, 0.15) is 0 Å². The van der Waals surface area contributed by atoms with Gasteiger partial charge in [0.25, 0.3) is 0 Å². The molecule has 90 valence electrons. The molecule has 1 aliphatic carbocycles. The van der Waals surface area contributed by atoms with E-state index in [4.69, 9.17) is 10.8 Å². The van der Waals surface area contributed by atoms with Gasteiger partial charge in [-0.05, 0) is 25.8 Å². The molecular formula is C12H26N2O. The maximum absolute atomic E-state index is 9.08. The second kappa shape index (κ2) is 5.83. The van der Waals surface area contributed by atoms with Crippen LogP contribution in [0.3, 0.4) is 0 Å². The first-order valence-corrected chi connectivity index (χ1v) is 6.17. The lowest BCUT2D eigenvalue weighted by Gasteiger charge is -2.45. The van der Waals surface area contributed by atoms with Gasteiger partial charge in [-0.1, -0.05) is 26.2 Å². The molecule has 0 amide bonds. The monoisotopic (exact) mass is 214 g/mol. The van der Waals surface area contributed by atoms with Gasteiger partial charge in [-0.25, -0.2) is 0 Å². The van der Waals surface area contributed by atoms with E-state index >= 15 is 0 Å². The molecule has 1 unspecified atom stereocenters. The Bertz CT molecular complexity index is 178. The van der Waals surface area contributed by atoms with Crippen LogP contribution in [-0.4, -0.2) is 42.3 Å². The SMILES string of the molecule is CC(CO)CN(C)C1(CN)CCCCC1. The quantitative estimate of drug-likeness (QED) is 0.723. The number of aliphatic hydroxyl groups excluding tert-OH is 1. The minimum absolute atomic E-state index is 0.210. The Kier molecular flexibility index (Phi) is 5.03. The number of hydrogen-bond donors (Lipinski definition) is 2. The molecule has 3 N–H and O–H groups in total. The van der Waals surface area contributed by atoms with Crippen LogP contribution in [0, 0.1) is 5.92 Å². The van der Waals surface area contributed by atoms with Crippen LogP contribution in [0.5, 0.6) is 0 Å². The van der Waals surface area contributed by atoms with Gasteiger partial charge < -0.3 is 10.8 Å². The molecule has 15 heavy (non-hydrogen) atoms. The van der Waals surface area contributed by atoms with Crippen molar-refractivity contribution in [3.05, 3.63) is 0 Å². The molecule has 0 aromatic heterocycles. The van der Waals surface area contributed by atoms with Crippen molar-refractivity contribution in [2.45, 2.75) is 44.6 Å². The van der Waals surface area contributed by atoms with E-state index in [1.165, 1.54) is 32.1 Å². The van der Waals surface area contributed by atoms with Crippen LogP contribution >= 0.6 is 0 Å². The zero-order chi connectivity index (χ0) is 11.3. The number of nitrogens with two attached hydrogens (primary N) is 1. The van der Waals surface area contributed by atoms with Crippen LogP contribution in [0.1, 0.15) is 39.0 Å². The van der Waals surface area contributed by atoms with E-state index < -0.39 is 0 Å². The number of hydrogen-bond acceptors (Lipinski definition) is 3. The molecule has 0 saturated heterocycles. The van der Waals surface area contributed by atoms with Gasteiger partial charge in [-0.3, -0.25) is 4.90 Å². The normalized spacial score (nSPS) is 23.0. The highest BCUT2D eigenvalue weighted by Gasteiger charge is 2.34. The fraction of sp³-hybridized carbons (Fsp3) is 1.00. The molecule has 1 rings (SSSR count). The average molecular weight is 214 g/mol. The van der Waals surface area contributed by atoms with Crippen LogP contribution in [0.25, 0.3) is 0 Å². The van der Waals surface area contributed by atoms with Crippen LogP contribution in [0.15, 0.2) is 0 Å². The van der Waals surface area contributed by atoms with E-state index in [2.05, 4.69) is 18.9 Å². The van der Waals surface area contributed by atoms with E-state index in [1.807, 2.05) is 0 Å². The van der Waals surface area contributed by atoms with Crippen LogP contribution < -0.4 is 5.73 Å². The molecule has 1 saturated carbocycles. The van der Waals surface area contributed by atoms with Gasteiger partial charge >= 0.3 is 0 Å². The molecule has 1 fully saturated rings. The summed E-state index contributed by atoms with van der Waals surface area (Å²) < 4.78 is 0. The van der Waals surface area contributed by atoms with Crippen molar-refractivity contribution in [2.75, 3.05) is 26.7 Å². The molecule has 0 spiro atoms. The molecule has 0 radical (unpaired) electrons. The largest absolute Gasteiger partial charge is 0.396 e. The first kappa shape index (κ1) is 12.9. The summed E-state index contributed by atoms with van der Waals surface area (Å²) in [6.45, 7) is 4.06. The topological polar surface area (TPSA) is 49.5 Å². The Balaban J connectivity index is 2.55. The summed E-state index contributed by atoms with van der Waals surface area (Å²) in [6.07, 6.45) is 6.39. The Morgan fingerprint density at radius 1 is 1.33 bits per heavy atom. The van der Waals surface area contributed by atoms with Gasteiger partial charge in [-0.2, -0.15) is 0 Å². The maximum atomic E-state index is 9.08. The zero-order valence-corrected chi connectivity index (χ0v) is 10.2. The summed E-state index contributed by atoms with van der Waals surface area (Å²) in [5, 5.41) is 9.08. The third kappa shape index (κ3) is 3.16. The molecule has 3 heteroatoms. The summed E-state index contributed by atoms with van der Waals surface area (Å²) in [5.74, 6) is 0.348. The third-order valence-electron chi connectivity index (χ3n) is 3.87. The Labute approximate surface area is 93.6 Å². The predicted octanol–water partition coefficient (Wildman–Crippen LogP) is 1.21. The van der Waals surface area contributed by atoms with Crippen molar-refractivity contribution in [3.8, 4) is 0 Å². The highest BCUT2D eigenvalue weighted by molar-refractivity contribution is 4.93. The van der Waals surface area contributed by atoms with Crippen LogP contribution in [0.4, 0.5) is 0 Å². The zero-order valence-electron chi connectivity index (χ0n) is 10.2. The molecule has 0 aromatic rings. The minimum Gasteiger partial charge on any atom is -0.396 e. The van der Waals surface area contributed by atoms with Gasteiger partial charge in [0.05, 0.1) is 0 Å². The molecule has 0 bridgehead atoms. The smallest absolute Gasteiger partial charge is 0.0468 e. The third-order valence-corrected chi connectivity index (χ3v) is 3.87. The average Bonchev–Trinajstić information content (AvgIpc) is 2.29. The predicted molar refractivity (Wildman–Crippen MR) is 63.8 cm³/mol. The first-order chi connectivity index (χ1) is 7.14. The molecule has 1 aliphatic rings. The fourth-order valence-corrected chi connectivity index (χ4v) is 2.67. The highest BCUT2D eigenvalue weighted by Crippen LogP contribution is 2.32. The summed E-state index contributed by atoms with van der Waals surface area (Å²) in [6, 6.07) is 0. The molecule has 0 heterocycles. The Hall–Kier alpha value is -0.120. The van der Waals surface area contributed by atoms with E-state index in [1.54, 1.807) is 0 Å². The standard InChI is InChI=1S/C12H26N2O/c1-11(9-15)8-14(2)12(10-13)6-4-3-5-7-12/h11,15H,3-10,13H2,1-2H3. The lowest BCUT2D eigenvalue weighted by atomic mass is 9.80. The van der Waals surface area contributed by atoms with Crippen LogP contribution in [0.2, 0.25) is 0 Å². The van der Waals surface area contributed by atoms with Crippen molar-refractivity contribution in [1.29, 1.82) is 0 Å². The summed E-state index contributed by atoms with van der Waals surface area (Å²) in [4.78, 5) is 2.38. The van der Waals surface area contributed by atoms with Crippen molar-refractivity contribution in [3.63, 3.8) is 0 Å². The van der Waals surface area contributed by atoms with Crippen molar-refractivity contribution < 1.29 is 5.11 Å². The van der Waals surface area contributed by atoms with E-state index in [0.29, 0.717) is 5.92 Å². The maximum Gasteiger partial charge on any atom is 0.0468 e. The first-order valence-electron chi connectivity index (χ1n) is 6.17. The number of likely N-dealkylation sites (N-methyl/N-ethyl adjacent to an activating group) is 1. The van der Waals surface area contributed by atoms with E-state index in [9.17, 15) is 0 Å². The Morgan fingerprint density at radius 2 is 1.93 bits per heavy atom. The Morgan fingerprint density at radius 3 is 2.40 bits per heavy atom. The summed E-state index contributed by atoms with van der Waals surface area (Å²) >= 11 is 0. The molecule has 3 nitrogen and oxygen atoms in total. The van der Waals surface area contributed by atoms with Gasteiger partial charge in [0.2, 0.25) is 0 Å². The van der Waals surface area contributed by atoms with Crippen molar-refractivity contribution in [1.82, 2.24) is 4.90 Å². The lowest BCUT2D eigenvalue weighted by Crippen LogP contribution is -2.54. The summed E-state index contributed by atoms with van der Waals surface area (Å²) in [7, 11) is 2.16. The number of nitrogens with zero attached hydrogens (tertiary/aromatic N) is 1. The summed E-state index contributed by atoms with van der Waals surface area (Å²) in [5.41, 5.74) is 6.16. The second-order valence-electron chi connectivity index (χ2n) is 5.16. The molecular weight excluding hydrogens is 188 g/mol. The van der Waals surface area contributed by atoms with Gasteiger partial charge in [-0.15, -0.1) is 0 Å². The van der Waals surface area contributed by atoms with E-state index in [0.717, 1.165) is 13.1 Å². The lowest BCUT2D eigenvalue weighted by molar-refractivity contribution is 0.0593. The fourth-order valence-electron chi connectivity index (χ4n) is 2.67. The van der Waals surface area contributed by atoms with Gasteiger partial charge in [0, 0.05) is 25.2 Å². The molecule has 1 atom stereocenters. The number of aliphatic hydroxyl groups is 1. The minimum atomic E-state index is 0.210. The van der Waals surface area contributed by atoms with Crippen molar-refractivity contribution >= 4 is 0 Å². The highest BCUT2D eigenvalue weighted by atomic mass is 16.3. The van der Waals surface area contributed by atoms with Crippen molar-refractivity contribution in [2.24, 2.45) is 11.7 Å². The van der Waals surface area contributed by atoms with Gasteiger partial charge in [0.15, 0.2) is 0 Å².